The molecule has 64 nitrogen and oxygen atoms in total. The van der Waals surface area contributed by atoms with Crippen molar-refractivity contribution in [3.8, 4) is 0 Å². The molecule has 6 saturated heterocycles. The minimum atomic E-state index is -6.06. The molecule has 8 rings (SSSR count). The van der Waals surface area contributed by atoms with Crippen molar-refractivity contribution < 1.29 is 483 Å². The number of aliphatic hydroxyl groups is 12. The Morgan fingerprint density at radius 2 is 0.840 bits per heavy atom. The molecule has 6 fully saturated rings. The maximum atomic E-state index is 13.7. The number of urea groups is 1. The van der Waals surface area contributed by atoms with Crippen molar-refractivity contribution in [3.63, 3.8) is 0 Å². The summed E-state index contributed by atoms with van der Waals surface area (Å²) in [6.07, 6.45) is -62.9. The number of benzene rings is 2. The Bertz CT molecular complexity index is 5010. The molecule has 79 heteroatoms. The fourth-order valence-corrected chi connectivity index (χ4v) is 19.5. The normalized spacial score (nSPS) is 28.0. The van der Waals surface area contributed by atoms with Gasteiger partial charge in [-0.25, -0.2) is 64.7 Å². The van der Waals surface area contributed by atoms with Gasteiger partial charge < -0.3 is 203 Å². The van der Waals surface area contributed by atoms with Crippen LogP contribution in [0.1, 0.15) is 44.9 Å². The number of aliphatic hydroxyl groups excluding tert-OH is 12. The molecule has 0 bridgehead atoms. The van der Waals surface area contributed by atoms with Crippen LogP contribution in [0.25, 0.3) is 0 Å². The van der Waals surface area contributed by atoms with Crippen LogP contribution in [0.2, 0.25) is 0 Å². The van der Waals surface area contributed by atoms with Gasteiger partial charge in [-0.2, -0.15) is 11.8 Å². The third-order valence-electron chi connectivity index (χ3n) is 22.0. The van der Waals surface area contributed by atoms with Crippen molar-refractivity contribution in [1.82, 2.24) is 35.6 Å². The van der Waals surface area contributed by atoms with E-state index in [0.717, 1.165) is 26.4 Å². The molecule has 0 aliphatic carbocycles. The Hall–Kier alpha value is 0.780. The summed E-state index contributed by atoms with van der Waals surface area (Å²) in [4.78, 5) is 91.6. The van der Waals surface area contributed by atoms with Crippen molar-refractivity contribution in [2.24, 2.45) is 0 Å². The summed E-state index contributed by atoms with van der Waals surface area (Å²) >= 11 is 1.73. The Morgan fingerprint density at radius 3 is 1.21 bits per heavy atom. The topological polar surface area (TPSA) is 1000 Å². The van der Waals surface area contributed by atoms with Gasteiger partial charge in [-0.05, 0) is 49.2 Å². The number of nitrogens with zero attached hydrogens (tertiary/aromatic N) is 1. The number of carbonyl (C=O) groups is 7. The molecule has 6 aliphatic heterocycles. The van der Waals surface area contributed by atoms with E-state index in [1.807, 2.05) is 0 Å². The fraction of sp³-hybridized carbons (Fsp3) is 0.732. The first-order valence-corrected chi connectivity index (χ1v) is 51.4. The number of unbranched alkanes of at least 4 members (excludes halogenated alkanes) is 1. The van der Waals surface area contributed by atoms with Crippen LogP contribution in [0.15, 0.2) is 48.5 Å². The average molecular weight is 2370 g/mol. The molecule has 812 valence electrons. The zero-order chi connectivity index (χ0) is 106. The standard InChI is InChI=1S/C71H113N11O53S7.8Na/c1-122-57-39(27-126-139(110,111)112)128-67(47(53(57)95)80-137(104,105)106)130-59-55(97)61(134-141(116,117)118)69(132-63(59)65(99)100)124-25-37(85)51(93)49(91)35(83)23-74-30-7-5-9-32(21-30)76-44(89)14-18-82(20-17-73-43(88)13-16-72-42(87)12-4-3-11-41-46-34(29-136-41)78-71(103)79-46)19-15-45(90)77-33-10-6-8-31(22-33)75-24-36(84)50(92)52(94)38(86)26-125-70-62(135-142(119,120)121)56(98)60(64(133-70)66(101)102)131-68-48(81-138(107,108)109)54(96)58(123-2)40(129-68)28-127-140(113,114)115;;;;;;;;/h5-10,21-22,34-41,46-64,67-70,74-75,80-81,83-86,91-98H,3-4,11-20,23-29H2,1-2H3,(H,72,87)(H,73,88)(H,76,89)(H,77,90)(H,99,100)(H,101,102)(H2,78,79,103)(H,104,105,106)(H,107,108,109)(H,110,111,112)(H,113,114,115)(H,116,117,118)(H,119,120,121);;;;;;;;/q;8*+1/p-8/t34-,35?,36?,37?,38?,39?,40?,41?,46-,47?,48?,49-,50-,51+,52+,53-,54-,55+,56+,57+,58+,59-,60-,61?,62?,63?,64?,67+,68+,69-,70-;;;;;;;;/m1......../s1. The van der Waals surface area contributed by atoms with Gasteiger partial charge in [0, 0.05) is 119 Å². The van der Waals surface area contributed by atoms with Gasteiger partial charge in [0.2, 0.25) is 65.2 Å². The monoisotopic (exact) mass is 2370 g/mol. The zero-order valence-corrected chi connectivity index (χ0v) is 104. The number of ether oxygens (including phenoxy) is 10. The third-order valence-corrected chi connectivity index (χ3v) is 26.4. The number of hydrogen-bond donors (Lipinski definition) is 22. The molecule has 22 N–H and O–H groups in total. The number of rotatable bonds is 59. The van der Waals surface area contributed by atoms with Gasteiger partial charge in [-0.1, -0.05) is 18.6 Å². The smallest absolute Gasteiger partial charge is 0.735 e. The average Bonchev–Trinajstić information content (AvgIpc) is 0.846. The second-order valence-electron chi connectivity index (χ2n) is 32.2. The SMILES string of the molecule is CO[C@H]1C(COS(=O)(=O)[O-])O[C@@H](O[C@H]2C(C(=O)[O-])O[C@@H](OCC(O)[C@H](O)[C@H](O)C(O)CNc3cccc(NC(=O)CCN(CCNC(=O)CCNC(=O)CCCCC4SC[C@H]5NC(=O)N[C@@H]45)CCC(=O)Nc4cccc(NCC(O)[C@@H](O)[C@@H](O)C(O)CO[C@@H]5OC(C(=O)[O-])[C@H](O[C@@H]6OC(COS(=O)(=O)[O-])[C@H](OC)[C@H](O)C6NS(=O)(=O)[O-])[C@H](O)C5OS(=O)(=O)[O-])c4)c3)C(OS(=O)(=O)[O-])[C@H]2O)C(NS(=O)(=O)[O-])[C@H]1O.[Na+].[Na+].[Na+].[Na+].[Na+].[Na+].[Na+].[Na+]. The van der Waals surface area contributed by atoms with Gasteiger partial charge >= 0.3 is 242 Å². The number of methoxy groups -OCH3 is 2. The number of thioether (sulfide) groups is 1. The fourth-order valence-electron chi connectivity index (χ4n) is 15.2. The first-order chi connectivity index (χ1) is 66.2. The quantitative estimate of drug-likeness (QED) is 0.00961. The van der Waals surface area contributed by atoms with Gasteiger partial charge in [0.05, 0.1) is 62.7 Å². The van der Waals surface area contributed by atoms with Gasteiger partial charge in [-0.15, -0.1) is 0 Å². The van der Waals surface area contributed by atoms with Crippen LogP contribution in [0.4, 0.5) is 27.5 Å². The van der Waals surface area contributed by atoms with E-state index in [1.165, 1.54) is 58.0 Å². The van der Waals surface area contributed by atoms with Crippen LogP contribution in [0.5, 0.6) is 0 Å². The van der Waals surface area contributed by atoms with Crippen molar-refractivity contribution in [2.45, 2.75) is 234 Å². The van der Waals surface area contributed by atoms with Crippen molar-refractivity contribution >= 4 is 138 Å². The van der Waals surface area contributed by atoms with Crippen molar-refractivity contribution in [2.75, 3.05) is 113 Å². The van der Waals surface area contributed by atoms with E-state index < -0.39 is 303 Å². The number of carboxylic acids is 2. The first kappa shape index (κ1) is 151. The molecule has 0 saturated carbocycles. The predicted octanol–water partition coefficient (Wildman–Crippen LogP) is -41.4. The summed E-state index contributed by atoms with van der Waals surface area (Å²) < 4.78 is 282. The van der Waals surface area contributed by atoms with Crippen molar-refractivity contribution in [3.05, 3.63) is 48.5 Å². The maximum absolute atomic E-state index is 13.7. The minimum absolute atomic E-state index is 0. The molecule has 2 aromatic carbocycles. The number of aliphatic carboxylic acids is 2. The molecule has 0 spiro atoms. The molecular formula is C71H105N11Na8O53S7. The second kappa shape index (κ2) is 69.9. The molecule has 0 aromatic heterocycles. The summed E-state index contributed by atoms with van der Waals surface area (Å²) in [5.41, 5.74) is 0.447. The molecular weight excluding hydrogens is 2260 g/mol. The number of carboxylic acid groups (broad SMARTS) is 2. The second-order valence-corrected chi connectivity index (χ2v) is 39.9. The molecule has 6 heterocycles. The van der Waals surface area contributed by atoms with E-state index in [9.17, 15) is 183 Å². The van der Waals surface area contributed by atoms with E-state index in [1.54, 1.807) is 16.7 Å². The molecule has 31 atom stereocenters. The Morgan fingerprint density at radius 1 is 0.460 bits per heavy atom. The summed E-state index contributed by atoms with van der Waals surface area (Å²) in [7, 11) is -33.0. The number of nitrogens with one attached hydrogen (secondary N) is 10. The Labute approximate surface area is 1040 Å². The van der Waals surface area contributed by atoms with E-state index in [0.29, 0.717) is 12.8 Å². The summed E-state index contributed by atoms with van der Waals surface area (Å²) in [5, 5.41) is 180. The van der Waals surface area contributed by atoms with Crippen LogP contribution in [0.3, 0.4) is 0 Å². The number of amides is 6. The Balaban J connectivity index is 0.0000278. The minimum Gasteiger partial charge on any atom is -0.735 e. The van der Waals surface area contributed by atoms with E-state index >= 15 is 0 Å². The molecule has 13 unspecified atom stereocenters. The summed E-state index contributed by atoms with van der Waals surface area (Å²) in [6.45, 7) is -7.18. The van der Waals surface area contributed by atoms with Crippen LogP contribution in [-0.2, 0) is 155 Å². The van der Waals surface area contributed by atoms with Gasteiger partial charge in [-0.3, -0.25) is 35.9 Å². The molecule has 2 aromatic rings. The van der Waals surface area contributed by atoms with Crippen LogP contribution in [0, 0.1) is 0 Å². The Kier molecular flexibility index (Phi) is 70.3. The maximum Gasteiger partial charge on any atom is 1.00 e. The molecule has 6 amide bonds. The number of hydrogen-bond acceptors (Lipinski definition) is 57. The van der Waals surface area contributed by atoms with Gasteiger partial charge in [0.25, 0.3) is 0 Å². The number of carbonyl (C=O) groups excluding carboxylic acids is 7. The van der Waals surface area contributed by atoms with Gasteiger partial charge in [0.15, 0.2) is 58.0 Å². The van der Waals surface area contributed by atoms with E-state index in [2.05, 4.69) is 59.3 Å². The summed E-state index contributed by atoms with van der Waals surface area (Å²) in [6, 6.07) is 6.04. The molecule has 6 aliphatic rings. The van der Waals surface area contributed by atoms with Gasteiger partial charge in [0.1, 0.15) is 122 Å². The predicted molar refractivity (Wildman–Crippen MR) is 451 cm³/mol. The summed E-state index contributed by atoms with van der Waals surface area (Å²) in [5.74, 6) is -6.16. The van der Waals surface area contributed by atoms with Crippen LogP contribution in [-0.4, -0.2) is 467 Å². The number of anilines is 4. The zero-order valence-electron chi connectivity index (χ0n) is 81.9. The first-order valence-electron chi connectivity index (χ1n) is 42.2. The van der Waals surface area contributed by atoms with Crippen LogP contribution < -0.4 is 299 Å². The largest absolute Gasteiger partial charge is 1.00 e. The third kappa shape index (κ3) is 50.1. The van der Waals surface area contributed by atoms with Crippen molar-refractivity contribution in [1.29, 1.82) is 0 Å². The van der Waals surface area contributed by atoms with E-state index in [-0.39, 0.29) is 347 Å². The van der Waals surface area contributed by atoms with Crippen LogP contribution >= 0.6 is 11.8 Å². The molecule has 150 heavy (non-hydrogen) atoms. The number of fused-ring (bicyclic) bond motifs is 1. The molecule has 0 radical (unpaired) electrons. The van der Waals surface area contributed by atoms with E-state index in [4.69, 9.17) is 47.4 Å².